The van der Waals surface area contributed by atoms with E-state index in [1.807, 2.05) is 10.7 Å². The molecule has 0 bridgehead atoms. The zero-order valence-electron chi connectivity index (χ0n) is 14.2. The maximum absolute atomic E-state index is 5.14. The number of rotatable bonds is 2. The number of benzene rings is 1. The first-order chi connectivity index (χ1) is 12.3. The van der Waals surface area contributed by atoms with Crippen molar-refractivity contribution in [1.29, 1.82) is 0 Å². The van der Waals surface area contributed by atoms with Crippen molar-refractivity contribution in [3.8, 4) is 16.3 Å². The second-order valence-corrected chi connectivity index (χ2v) is 7.58. The average molecular weight is 345 g/mol. The van der Waals surface area contributed by atoms with Crippen molar-refractivity contribution in [3.63, 3.8) is 0 Å². The van der Waals surface area contributed by atoms with Crippen molar-refractivity contribution >= 4 is 22.4 Å². The molecular formula is C21H19N3S. The average Bonchev–Trinajstić information content (AvgIpc) is 3.30. The first-order valence-electron chi connectivity index (χ1n) is 8.83. The van der Waals surface area contributed by atoms with E-state index in [9.17, 15) is 0 Å². The first-order valence-corrected chi connectivity index (χ1v) is 9.71. The van der Waals surface area contributed by atoms with Crippen LogP contribution in [0.2, 0.25) is 0 Å². The molecule has 0 radical (unpaired) electrons. The second-order valence-electron chi connectivity index (χ2n) is 6.63. The fourth-order valence-electron chi connectivity index (χ4n) is 3.95. The Balaban J connectivity index is 1.87. The largest absolute Gasteiger partial charge is 0.227 e. The van der Waals surface area contributed by atoms with Crippen molar-refractivity contribution in [1.82, 2.24) is 14.8 Å². The molecule has 3 heterocycles. The third kappa shape index (κ3) is 2.32. The van der Waals surface area contributed by atoms with E-state index in [1.54, 1.807) is 11.3 Å². The SMILES string of the molecule is Cc1nn(-c2ccccc2)c2nc(-c3cccs3)c3c(c12)CCCC3. The lowest BCUT2D eigenvalue weighted by Crippen LogP contribution is -2.08. The van der Waals surface area contributed by atoms with Crippen molar-refractivity contribution in [2.45, 2.75) is 32.6 Å². The third-order valence-corrected chi connectivity index (χ3v) is 5.94. The Labute approximate surface area is 151 Å². The van der Waals surface area contributed by atoms with E-state index < -0.39 is 0 Å². The molecule has 4 aromatic rings. The van der Waals surface area contributed by atoms with Gasteiger partial charge in [-0.15, -0.1) is 11.3 Å². The van der Waals surface area contributed by atoms with E-state index in [1.165, 1.54) is 34.2 Å². The molecule has 0 aliphatic heterocycles. The summed E-state index contributed by atoms with van der Waals surface area (Å²) in [7, 11) is 0. The maximum Gasteiger partial charge on any atom is 0.164 e. The fraction of sp³-hybridized carbons (Fsp3) is 0.238. The van der Waals surface area contributed by atoms with Crippen LogP contribution in [0, 0.1) is 6.92 Å². The quantitative estimate of drug-likeness (QED) is 0.491. The van der Waals surface area contributed by atoms with Gasteiger partial charge >= 0.3 is 0 Å². The standard InChI is InChI=1S/C21H19N3S/c1-14-19-16-10-5-6-11-17(16)20(18-12-7-13-25-18)22-21(19)24(23-14)15-8-3-2-4-9-15/h2-4,7-9,12-13H,5-6,10-11H2,1H3. The molecule has 5 rings (SSSR count). The fourth-order valence-corrected chi connectivity index (χ4v) is 4.70. The van der Waals surface area contributed by atoms with Crippen molar-refractivity contribution in [2.75, 3.05) is 0 Å². The molecule has 0 spiro atoms. The van der Waals surface area contributed by atoms with Gasteiger partial charge in [0.25, 0.3) is 0 Å². The number of aryl methyl sites for hydroxylation is 2. The van der Waals surface area contributed by atoms with Gasteiger partial charge in [0.1, 0.15) is 0 Å². The number of nitrogens with zero attached hydrogens (tertiary/aromatic N) is 3. The number of hydrogen-bond donors (Lipinski definition) is 0. The lowest BCUT2D eigenvalue weighted by Gasteiger charge is -2.20. The molecule has 1 aliphatic rings. The number of thiophene rings is 1. The van der Waals surface area contributed by atoms with Crippen molar-refractivity contribution < 1.29 is 0 Å². The number of para-hydroxylation sites is 1. The summed E-state index contributed by atoms with van der Waals surface area (Å²) < 4.78 is 2.01. The summed E-state index contributed by atoms with van der Waals surface area (Å²) >= 11 is 1.77. The number of pyridine rings is 1. The minimum absolute atomic E-state index is 0.993. The zero-order chi connectivity index (χ0) is 16.8. The van der Waals surface area contributed by atoms with Crippen molar-refractivity contribution in [2.24, 2.45) is 0 Å². The molecule has 124 valence electrons. The summed E-state index contributed by atoms with van der Waals surface area (Å²) in [6.45, 7) is 2.11. The Bertz CT molecular complexity index is 1050. The molecule has 4 heteroatoms. The van der Waals surface area contributed by atoms with E-state index in [4.69, 9.17) is 10.1 Å². The van der Waals surface area contributed by atoms with Gasteiger partial charge in [-0.25, -0.2) is 9.67 Å². The van der Waals surface area contributed by atoms with Crippen LogP contribution in [0.1, 0.15) is 29.7 Å². The molecule has 1 aliphatic carbocycles. The van der Waals surface area contributed by atoms with Crippen LogP contribution in [-0.2, 0) is 12.8 Å². The van der Waals surface area contributed by atoms with Gasteiger partial charge < -0.3 is 0 Å². The van der Waals surface area contributed by atoms with Gasteiger partial charge in [0.05, 0.1) is 22.0 Å². The molecule has 3 nitrogen and oxygen atoms in total. The molecule has 0 saturated carbocycles. The summed E-state index contributed by atoms with van der Waals surface area (Å²) in [5.41, 5.74) is 7.22. The second kappa shape index (κ2) is 5.81. The highest BCUT2D eigenvalue weighted by Crippen LogP contribution is 2.38. The van der Waals surface area contributed by atoms with Gasteiger partial charge in [-0.05, 0) is 67.3 Å². The molecule has 0 atom stereocenters. The van der Waals surface area contributed by atoms with E-state index in [2.05, 4.69) is 48.7 Å². The highest BCUT2D eigenvalue weighted by Gasteiger charge is 2.24. The van der Waals surface area contributed by atoms with Crippen LogP contribution in [0.3, 0.4) is 0 Å². The molecule has 25 heavy (non-hydrogen) atoms. The first kappa shape index (κ1) is 14.8. The Hall–Kier alpha value is -2.46. The van der Waals surface area contributed by atoms with E-state index in [0.717, 1.165) is 35.6 Å². The third-order valence-electron chi connectivity index (χ3n) is 5.06. The number of aromatic nitrogens is 3. The summed E-state index contributed by atoms with van der Waals surface area (Å²) in [5, 5.41) is 8.25. The minimum atomic E-state index is 0.993. The molecule has 0 fully saturated rings. The van der Waals surface area contributed by atoms with Gasteiger partial charge in [0.15, 0.2) is 5.65 Å². The lowest BCUT2D eigenvalue weighted by molar-refractivity contribution is 0.689. The van der Waals surface area contributed by atoms with Crippen LogP contribution in [0.4, 0.5) is 0 Å². The highest BCUT2D eigenvalue weighted by atomic mass is 32.1. The van der Waals surface area contributed by atoms with Gasteiger partial charge in [-0.1, -0.05) is 24.3 Å². The van der Waals surface area contributed by atoms with Crippen LogP contribution in [0.25, 0.3) is 27.3 Å². The highest BCUT2D eigenvalue weighted by molar-refractivity contribution is 7.13. The van der Waals surface area contributed by atoms with Gasteiger partial charge in [0.2, 0.25) is 0 Å². The molecule has 0 N–H and O–H groups in total. The Kier molecular flexibility index (Phi) is 3.45. The van der Waals surface area contributed by atoms with E-state index >= 15 is 0 Å². The summed E-state index contributed by atoms with van der Waals surface area (Å²) in [4.78, 5) is 6.40. The normalized spacial score (nSPS) is 14.0. The molecular weight excluding hydrogens is 326 g/mol. The molecule has 1 aromatic carbocycles. The summed E-state index contributed by atoms with van der Waals surface area (Å²) in [6, 6.07) is 14.6. The predicted molar refractivity (Wildman–Crippen MR) is 104 cm³/mol. The smallest absolute Gasteiger partial charge is 0.164 e. The van der Waals surface area contributed by atoms with E-state index in [0.29, 0.717) is 0 Å². The predicted octanol–water partition coefficient (Wildman–Crippen LogP) is 5.34. The number of hydrogen-bond acceptors (Lipinski definition) is 3. The molecule has 0 saturated heterocycles. The Morgan fingerprint density at radius 3 is 2.52 bits per heavy atom. The van der Waals surface area contributed by atoms with Crippen LogP contribution in [0.15, 0.2) is 47.8 Å². The van der Waals surface area contributed by atoms with Crippen LogP contribution < -0.4 is 0 Å². The lowest BCUT2D eigenvalue weighted by atomic mass is 9.88. The molecule has 0 amide bonds. The van der Waals surface area contributed by atoms with Crippen molar-refractivity contribution in [3.05, 3.63) is 64.7 Å². The van der Waals surface area contributed by atoms with Crippen LogP contribution >= 0.6 is 11.3 Å². The molecule has 0 unspecified atom stereocenters. The van der Waals surface area contributed by atoms with Gasteiger partial charge in [-0.2, -0.15) is 5.10 Å². The topological polar surface area (TPSA) is 30.7 Å². The van der Waals surface area contributed by atoms with Gasteiger partial charge in [-0.3, -0.25) is 0 Å². The van der Waals surface area contributed by atoms with Crippen LogP contribution in [-0.4, -0.2) is 14.8 Å². The van der Waals surface area contributed by atoms with Gasteiger partial charge in [0, 0.05) is 5.39 Å². The summed E-state index contributed by atoms with van der Waals surface area (Å²) in [5.74, 6) is 0. The molecule has 3 aromatic heterocycles. The monoisotopic (exact) mass is 345 g/mol. The van der Waals surface area contributed by atoms with E-state index in [-0.39, 0.29) is 0 Å². The Morgan fingerprint density at radius 2 is 1.76 bits per heavy atom. The maximum atomic E-state index is 5.14. The Morgan fingerprint density at radius 1 is 0.960 bits per heavy atom. The number of fused-ring (bicyclic) bond motifs is 3. The summed E-state index contributed by atoms with van der Waals surface area (Å²) in [6.07, 6.45) is 4.77. The zero-order valence-corrected chi connectivity index (χ0v) is 15.0. The minimum Gasteiger partial charge on any atom is -0.227 e. The van der Waals surface area contributed by atoms with Crippen LogP contribution in [0.5, 0.6) is 0 Å².